The van der Waals surface area contributed by atoms with Gasteiger partial charge in [0.25, 0.3) is 11.8 Å². The van der Waals surface area contributed by atoms with Crippen molar-refractivity contribution in [3.05, 3.63) is 101 Å². The van der Waals surface area contributed by atoms with E-state index in [0.717, 1.165) is 11.1 Å². The standard InChI is InChI=1S/C26H21ClN2O6/c1-16-4-5-18(13-21(16)29-25(31)23-3-2-12-33-23)26(32)34-15-24(30)28-14-20-10-11-22(35-20)17-6-8-19(27)9-7-17/h2-13H,14-15H2,1H3,(H,28,30)(H,29,31). The van der Waals surface area contributed by atoms with Crippen LogP contribution in [-0.2, 0) is 16.1 Å². The Morgan fingerprint density at radius 3 is 2.54 bits per heavy atom. The van der Waals surface area contributed by atoms with E-state index in [-0.39, 0.29) is 17.9 Å². The van der Waals surface area contributed by atoms with Gasteiger partial charge in [0.2, 0.25) is 0 Å². The lowest BCUT2D eigenvalue weighted by Crippen LogP contribution is -2.28. The van der Waals surface area contributed by atoms with Crippen molar-refractivity contribution in [1.29, 1.82) is 0 Å². The molecule has 2 amide bonds. The van der Waals surface area contributed by atoms with Crippen LogP contribution in [0.5, 0.6) is 0 Å². The molecule has 2 N–H and O–H groups in total. The summed E-state index contributed by atoms with van der Waals surface area (Å²) in [5, 5.41) is 5.96. The zero-order chi connectivity index (χ0) is 24.8. The zero-order valence-electron chi connectivity index (χ0n) is 18.7. The molecule has 0 radical (unpaired) electrons. The molecule has 4 aromatic rings. The third kappa shape index (κ3) is 6.18. The lowest BCUT2D eigenvalue weighted by atomic mass is 10.1. The molecule has 0 aliphatic rings. The van der Waals surface area contributed by atoms with Crippen molar-refractivity contribution in [3.63, 3.8) is 0 Å². The Labute approximate surface area is 205 Å². The second-order valence-electron chi connectivity index (χ2n) is 7.59. The molecule has 8 nitrogen and oxygen atoms in total. The van der Waals surface area contributed by atoms with Crippen LogP contribution in [0.25, 0.3) is 11.3 Å². The van der Waals surface area contributed by atoms with Gasteiger partial charge >= 0.3 is 5.97 Å². The molecule has 35 heavy (non-hydrogen) atoms. The highest BCUT2D eigenvalue weighted by Crippen LogP contribution is 2.24. The molecule has 2 heterocycles. The van der Waals surface area contributed by atoms with Gasteiger partial charge in [0, 0.05) is 16.3 Å². The van der Waals surface area contributed by atoms with E-state index in [4.69, 9.17) is 25.2 Å². The largest absolute Gasteiger partial charge is 0.459 e. The minimum Gasteiger partial charge on any atom is -0.459 e. The maximum Gasteiger partial charge on any atom is 0.338 e. The lowest BCUT2D eigenvalue weighted by Gasteiger charge is -2.10. The third-order valence-electron chi connectivity index (χ3n) is 5.05. The van der Waals surface area contributed by atoms with Crippen molar-refractivity contribution in [2.75, 3.05) is 11.9 Å². The van der Waals surface area contributed by atoms with E-state index in [1.807, 2.05) is 12.1 Å². The number of carbonyl (C=O) groups excluding carboxylic acids is 3. The van der Waals surface area contributed by atoms with E-state index in [1.165, 1.54) is 18.4 Å². The Hall–Kier alpha value is -4.30. The SMILES string of the molecule is Cc1ccc(C(=O)OCC(=O)NCc2ccc(-c3ccc(Cl)cc3)o2)cc1NC(=O)c1ccco1. The smallest absolute Gasteiger partial charge is 0.338 e. The molecule has 0 atom stereocenters. The molecule has 0 spiro atoms. The minimum absolute atomic E-state index is 0.136. The first-order valence-electron chi connectivity index (χ1n) is 10.6. The molecule has 0 saturated carbocycles. The predicted molar refractivity (Wildman–Crippen MR) is 129 cm³/mol. The van der Waals surface area contributed by atoms with Crippen LogP contribution in [-0.4, -0.2) is 24.4 Å². The summed E-state index contributed by atoms with van der Waals surface area (Å²) >= 11 is 5.90. The average Bonchev–Trinajstić information content (AvgIpc) is 3.56. The molecular formula is C26H21ClN2O6. The Morgan fingerprint density at radius 1 is 1.00 bits per heavy atom. The maximum absolute atomic E-state index is 12.4. The van der Waals surface area contributed by atoms with Crippen LogP contribution in [0, 0.1) is 6.92 Å². The molecule has 0 bridgehead atoms. The highest BCUT2D eigenvalue weighted by molar-refractivity contribution is 6.30. The van der Waals surface area contributed by atoms with Crippen molar-refractivity contribution in [1.82, 2.24) is 5.32 Å². The van der Waals surface area contributed by atoms with Crippen LogP contribution in [0.3, 0.4) is 0 Å². The molecule has 0 saturated heterocycles. The van der Waals surface area contributed by atoms with Gasteiger partial charge in [-0.2, -0.15) is 0 Å². The van der Waals surface area contributed by atoms with Gasteiger partial charge in [0.05, 0.1) is 18.4 Å². The van der Waals surface area contributed by atoms with Gasteiger partial charge in [0.15, 0.2) is 12.4 Å². The van der Waals surface area contributed by atoms with E-state index in [0.29, 0.717) is 22.2 Å². The number of hydrogen-bond acceptors (Lipinski definition) is 6. The summed E-state index contributed by atoms with van der Waals surface area (Å²) in [6, 6.07) is 18.6. The Kier molecular flexibility index (Phi) is 7.32. The second kappa shape index (κ2) is 10.8. The van der Waals surface area contributed by atoms with Crippen molar-refractivity contribution in [2.45, 2.75) is 13.5 Å². The van der Waals surface area contributed by atoms with Gasteiger partial charge in [-0.3, -0.25) is 9.59 Å². The van der Waals surface area contributed by atoms with Gasteiger partial charge in [-0.25, -0.2) is 4.79 Å². The molecule has 178 valence electrons. The Morgan fingerprint density at radius 2 is 1.80 bits per heavy atom. The van der Waals surface area contributed by atoms with Crippen molar-refractivity contribution in [3.8, 4) is 11.3 Å². The summed E-state index contributed by atoms with van der Waals surface area (Å²) in [5.74, 6) is -0.291. The number of amides is 2. The number of benzene rings is 2. The average molecular weight is 493 g/mol. The van der Waals surface area contributed by atoms with E-state index < -0.39 is 24.4 Å². The first-order chi connectivity index (χ1) is 16.9. The van der Waals surface area contributed by atoms with Gasteiger partial charge in [-0.1, -0.05) is 17.7 Å². The molecule has 4 rings (SSSR count). The normalized spacial score (nSPS) is 10.6. The summed E-state index contributed by atoms with van der Waals surface area (Å²) in [6.45, 7) is 1.45. The predicted octanol–water partition coefficient (Wildman–Crippen LogP) is 5.23. The lowest BCUT2D eigenvalue weighted by molar-refractivity contribution is -0.124. The van der Waals surface area contributed by atoms with E-state index in [2.05, 4.69) is 10.6 Å². The fraction of sp³-hybridized carbons (Fsp3) is 0.115. The van der Waals surface area contributed by atoms with Crippen LogP contribution < -0.4 is 10.6 Å². The fourth-order valence-electron chi connectivity index (χ4n) is 3.17. The number of nitrogens with one attached hydrogen (secondary N) is 2. The number of ether oxygens (including phenoxy) is 1. The third-order valence-corrected chi connectivity index (χ3v) is 5.30. The zero-order valence-corrected chi connectivity index (χ0v) is 19.4. The van der Waals surface area contributed by atoms with Crippen LogP contribution in [0.4, 0.5) is 5.69 Å². The topological polar surface area (TPSA) is 111 Å². The van der Waals surface area contributed by atoms with Crippen molar-refractivity contribution < 1.29 is 28.0 Å². The Bertz CT molecular complexity index is 1340. The monoisotopic (exact) mass is 492 g/mol. The molecular weight excluding hydrogens is 472 g/mol. The molecule has 9 heteroatoms. The highest BCUT2D eigenvalue weighted by Gasteiger charge is 2.15. The first kappa shape index (κ1) is 23.8. The minimum atomic E-state index is -0.698. The Balaban J connectivity index is 1.28. The summed E-state index contributed by atoms with van der Waals surface area (Å²) in [5.41, 5.74) is 2.23. The van der Waals surface area contributed by atoms with Crippen LogP contribution in [0.1, 0.15) is 32.2 Å². The van der Waals surface area contributed by atoms with E-state index in [1.54, 1.807) is 49.4 Å². The summed E-state index contributed by atoms with van der Waals surface area (Å²) in [7, 11) is 0. The van der Waals surface area contributed by atoms with Crippen LogP contribution >= 0.6 is 11.6 Å². The quantitative estimate of drug-likeness (QED) is 0.326. The van der Waals surface area contributed by atoms with Crippen molar-refractivity contribution >= 4 is 35.1 Å². The molecule has 2 aromatic carbocycles. The van der Waals surface area contributed by atoms with E-state index in [9.17, 15) is 14.4 Å². The molecule has 0 aliphatic heterocycles. The summed E-state index contributed by atoms with van der Waals surface area (Å²) in [6.07, 6.45) is 1.39. The van der Waals surface area contributed by atoms with Crippen LogP contribution in [0.2, 0.25) is 5.02 Å². The number of rotatable bonds is 8. The molecule has 2 aromatic heterocycles. The van der Waals surface area contributed by atoms with Gasteiger partial charge in [0.1, 0.15) is 11.5 Å². The number of anilines is 1. The summed E-state index contributed by atoms with van der Waals surface area (Å²) < 4.78 is 15.9. The number of furan rings is 2. The number of esters is 1. The number of carbonyl (C=O) groups is 3. The number of halogens is 1. The molecule has 0 unspecified atom stereocenters. The van der Waals surface area contributed by atoms with Gasteiger partial charge < -0.3 is 24.2 Å². The number of aryl methyl sites for hydroxylation is 1. The van der Waals surface area contributed by atoms with Gasteiger partial charge in [-0.05, 0) is 73.2 Å². The maximum atomic E-state index is 12.4. The summed E-state index contributed by atoms with van der Waals surface area (Å²) in [4.78, 5) is 36.8. The van der Waals surface area contributed by atoms with Crippen molar-refractivity contribution in [2.24, 2.45) is 0 Å². The van der Waals surface area contributed by atoms with Crippen LogP contribution in [0.15, 0.2) is 81.8 Å². The first-order valence-corrected chi connectivity index (χ1v) is 11.0. The second-order valence-corrected chi connectivity index (χ2v) is 8.02. The van der Waals surface area contributed by atoms with Gasteiger partial charge in [-0.15, -0.1) is 0 Å². The molecule has 0 aliphatic carbocycles. The fourth-order valence-corrected chi connectivity index (χ4v) is 3.29. The number of hydrogen-bond donors (Lipinski definition) is 2. The molecule has 0 fully saturated rings. The highest BCUT2D eigenvalue weighted by atomic mass is 35.5. The van der Waals surface area contributed by atoms with E-state index >= 15 is 0 Å².